The maximum atomic E-state index is 14.7. The first-order chi connectivity index (χ1) is 19.2. The molecule has 6 aromatic rings. The molecule has 1 aliphatic heterocycles. The Kier molecular flexibility index (Phi) is 6.01. The number of halogens is 1. The molecule has 194 valence electrons. The van der Waals surface area contributed by atoms with Crippen LogP contribution in [-0.4, -0.2) is 64.6 Å². The fourth-order valence-electron chi connectivity index (χ4n) is 5.39. The van der Waals surface area contributed by atoms with Gasteiger partial charge in [0, 0.05) is 29.5 Å². The molecule has 6 heterocycles. The predicted octanol–water partition coefficient (Wildman–Crippen LogP) is 5.19. The summed E-state index contributed by atoms with van der Waals surface area (Å²) in [4.78, 5) is 28.1. The smallest absolute Gasteiger partial charge is 0.159 e. The van der Waals surface area contributed by atoms with E-state index in [0.29, 0.717) is 28.4 Å². The highest BCUT2D eigenvalue weighted by Gasteiger charge is 2.18. The van der Waals surface area contributed by atoms with Crippen molar-refractivity contribution in [1.29, 1.82) is 0 Å². The van der Waals surface area contributed by atoms with E-state index in [2.05, 4.69) is 46.1 Å². The van der Waals surface area contributed by atoms with Gasteiger partial charge in [0.1, 0.15) is 17.2 Å². The molecule has 1 saturated heterocycles. The Bertz CT molecular complexity index is 1770. The molecule has 1 aromatic carbocycles. The lowest BCUT2D eigenvalue weighted by atomic mass is 10.0. The van der Waals surface area contributed by atoms with Crippen LogP contribution in [0.5, 0.6) is 0 Å². The van der Waals surface area contributed by atoms with E-state index in [1.807, 2.05) is 6.07 Å². The standard InChI is InChI=1S/C29H26FN9/c30-20-11-18(4-3-9-39-7-1-2-8-39)10-19(12-20)22-14-32-16-26-27(22)36-29(35-26)28-21-13-23(25-15-31-5-6-33-25)34-17-24(21)37-38-28/h5-6,10-17H,1-4,7-9H2,(H,35,36)(H,37,38). The number of fused-ring (bicyclic) bond motifs is 2. The number of likely N-dealkylation sites (tertiary alicyclic amines) is 1. The monoisotopic (exact) mass is 519 g/mol. The summed E-state index contributed by atoms with van der Waals surface area (Å²) < 4.78 is 14.7. The zero-order chi connectivity index (χ0) is 26.2. The second-order valence-corrected chi connectivity index (χ2v) is 9.95. The Hall–Kier alpha value is -4.57. The van der Waals surface area contributed by atoms with Gasteiger partial charge in [-0.2, -0.15) is 5.10 Å². The van der Waals surface area contributed by atoms with Gasteiger partial charge in [0.25, 0.3) is 0 Å². The highest BCUT2D eigenvalue weighted by atomic mass is 19.1. The van der Waals surface area contributed by atoms with Crippen LogP contribution in [0.3, 0.4) is 0 Å². The fraction of sp³-hybridized carbons (Fsp3) is 0.241. The number of benzene rings is 1. The lowest BCUT2D eigenvalue weighted by Crippen LogP contribution is -2.20. The van der Waals surface area contributed by atoms with Crippen LogP contribution in [0.25, 0.3) is 56.0 Å². The van der Waals surface area contributed by atoms with E-state index in [0.717, 1.165) is 52.5 Å². The van der Waals surface area contributed by atoms with Crippen molar-refractivity contribution in [3.05, 3.63) is 72.8 Å². The first-order valence-electron chi connectivity index (χ1n) is 13.2. The van der Waals surface area contributed by atoms with Crippen molar-refractivity contribution in [2.75, 3.05) is 19.6 Å². The summed E-state index contributed by atoms with van der Waals surface area (Å²) in [6, 6.07) is 7.17. The Morgan fingerprint density at radius 1 is 0.872 bits per heavy atom. The number of hydrogen-bond donors (Lipinski definition) is 2. The molecule has 5 aromatic heterocycles. The predicted molar refractivity (Wildman–Crippen MR) is 147 cm³/mol. The zero-order valence-electron chi connectivity index (χ0n) is 21.2. The van der Waals surface area contributed by atoms with Gasteiger partial charge in [0.15, 0.2) is 5.82 Å². The van der Waals surface area contributed by atoms with Crippen LogP contribution in [0.4, 0.5) is 4.39 Å². The molecule has 0 atom stereocenters. The summed E-state index contributed by atoms with van der Waals surface area (Å²) in [7, 11) is 0. The lowest BCUT2D eigenvalue weighted by molar-refractivity contribution is 0.334. The van der Waals surface area contributed by atoms with Crippen LogP contribution in [-0.2, 0) is 6.42 Å². The van der Waals surface area contributed by atoms with Crippen molar-refractivity contribution in [1.82, 2.24) is 45.0 Å². The second-order valence-electron chi connectivity index (χ2n) is 9.95. The highest BCUT2D eigenvalue weighted by molar-refractivity contribution is 5.97. The van der Waals surface area contributed by atoms with Crippen molar-refractivity contribution >= 4 is 21.9 Å². The average Bonchev–Trinajstić information content (AvgIpc) is 3.72. The van der Waals surface area contributed by atoms with Crippen molar-refractivity contribution in [3.8, 4) is 34.0 Å². The molecular weight excluding hydrogens is 493 g/mol. The molecule has 0 radical (unpaired) electrons. The number of aromatic amines is 2. The Morgan fingerprint density at radius 3 is 2.67 bits per heavy atom. The van der Waals surface area contributed by atoms with Crippen LogP contribution in [0.1, 0.15) is 24.8 Å². The first kappa shape index (κ1) is 23.5. The number of H-pyrrole nitrogens is 2. The maximum Gasteiger partial charge on any atom is 0.159 e. The van der Waals surface area contributed by atoms with E-state index < -0.39 is 0 Å². The Labute approximate surface area is 223 Å². The third-order valence-corrected chi connectivity index (χ3v) is 7.30. The largest absolute Gasteiger partial charge is 0.335 e. The molecule has 0 spiro atoms. The van der Waals surface area contributed by atoms with Crippen molar-refractivity contribution in [2.45, 2.75) is 25.7 Å². The third kappa shape index (κ3) is 4.63. The van der Waals surface area contributed by atoms with Gasteiger partial charge in [-0.05, 0) is 74.6 Å². The summed E-state index contributed by atoms with van der Waals surface area (Å²) in [6.45, 7) is 3.40. The van der Waals surface area contributed by atoms with E-state index in [4.69, 9.17) is 4.98 Å². The summed E-state index contributed by atoms with van der Waals surface area (Å²) in [5, 5.41) is 8.40. The number of hydrogen-bond acceptors (Lipinski definition) is 7. The maximum absolute atomic E-state index is 14.7. The number of nitrogens with zero attached hydrogens (tertiary/aromatic N) is 7. The van der Waals surface area contributed by atoms with Crippen molar-refractivity contribution in [2.24, 2.45) is 0 Å². The summed E-state index contributed by atoms with van der Waals surface area (Å²) >= 11 is 0. The van der Waals surface area contributed by atoms with Gasteiger partial charge < -0.3 is 9.88 Å². The Balaban J connectivity index is 1.23. The minimum absolute atomic E-state index is 0.251. The van der Waals surface area contributed by atoms with Crippen molar-refractivity contribution in [3.63, 3.8) is 0 Å². The SMILES string of the molecule is Fc1cc(CCCN2CCCC2)cc(-c2cncc3[nH]c(-c4n[nH]c5cnc(-c6cnccn6)cc45)nc23)c1. The molecule has 9 nitrogen and oxygen atoms in total. The van der Waals surface area contributed by atoms with Gasteiger partial charge in [-0.25, -0.2) is 9.37 Å². The highest BCUT2D eigenvalue weighted by Crippen LogP contribution is 2.32. The Morgan fingerprint density at radius 2 is 1.79 bits per heavy atom. The van der Waals surface area contributed by atoms with E-state index in [1.54, 1.807) is 49.3 Å². The number of aryl methyl sites for hydroxylation is 1. The van der Waals surface area contributed by atoms with Crippen LogP contribution in [0, 0.1) is 5.82 Å². The lowest BCUT2D eigenvalue weighted by Gasteiger charge is -2.14. The molecule has 0 aliphatic carbocycles. The average molecular weight is 520 g/mol. The molecule has 1 fully saturated rings. The molecule has 0 bridgehead atoms. The van der Waals surface area contributed by atoms with Gasteiger partial charge in [-0.15, -0.1) is 0 Å². The molecule has 2 N–H and O–H groups in total. The number of nitrogens with one attached hydrogen (secondary N) is 2. The second kappa shape index (κ2) is 9.95. The molecule has 0 unspecified atom stereocenters. The molecule has 0 amide bonds. The van der Waals surface area contributed by atoms with E-state index in [1.165, 1.54) is 25.9 Å². The van der Waals surface area contributed by atoms with E-state index in [-0.39, 0.29) is 5.82 Å². The van der Waals surface area contributed by atoms with Gasteiger partial charge in [0.05, 0.1) is 40.8 Å². The van der Waals surface area contributed by atoms with Crippen LogP contribution in [0.2, 0.25) is 0 Å². The molecular formula is C29H26FN9. The molecule has 7 rings (SSSR count). The molecule has 39 heavy (non-hydrogen) atoms. The number of rotatable bonds is 7. The first-order valence-corrected chi connectivity index (χ1v) is 13.2. The van der Waals surface area contributed by atoms with Gasteiger partial charge in [0.2, 0.25) is 0 Å². The topological polar surface area (TPSA) is 112 Å². The van der Waals surface area contributed by atoms with E-state index >= 15 is 0 Å². The third-order valence-electron chi connectivity index (χ3n) is 7.30. The van der Waals surface area contributed by atoms with Gasteiger partial charge in [-0.3, -0.25) is 25.0 Å². The summed E-state index contributed by atoms with van der Waals surface area (Å²) in [6.07, 6.45) is 14.5. The molecule has 10 heteroatoms. The van der Waals surface area contributed by atoms with Crippen molar-refractivity contribution < 1.29 is 4.39 Å². The summed E-state index contributed by atoms with van der Waals surface area (Å²) in [5.74, 6) is 0.336. The molecule has 1 aliphatic rings. The quantitative estimate of drug-likeness (QED) is 0.299. The zero-order valence-corrected chi connectivity index (χ0v) is 21.2. The van der Waals surface area contributed by atoms with E-state index in [9.17, 15) is 4.39 Å². The number of pyridine rings is 2. The van der Waals surface area contributed by atoms with Gasteiger partial charge in [-0.1, -0.05) is 6.07 Å². The normalized spacial score (nSPS) is 14.1. The van der Waals surface area contributed by atoms with Gasteiger partial charge >= 0.3 is 0 Å². The van der Waals surface area contributed by atoms with Crippen LogP contribution in [0.15, 0.2) is 61.4 Å². The minimum atomic E-state index is -0.251. The van der Waals surface area contributed by atoms with Crippen LogP contribution < -0.4 is 0 Å². The number of aromatic nitrogens is 8. The minimum Gasteiger partial charge on any atom is -0.335 e. The van der Waals surface area contributed by atoms with Crippen LogP contribution >= 0.6 is 0 Å². The fourth-order valence-corrected chi connectivity index (χ4v) is 5.39. The summed E-state index contributed by atoms with van der Waals surface area (Å²) in [5.41, 5.74) is 6.79. The molecule has 0 saturated carbocycles. The number of imidazole rings is 1.